The Morgan fingerprint density at radius 3 is 2.24 bits per heavy atom. The number of amides is 2. The van der Waals surface area contributed by atoms with Crippen molar-refractivity contribution in [3.05, 3.63) is 95.0 Å². The molecule has 8 nitrogen and oxygen atoms in total. The SMILES string of the molecule is COc1cccc(CN(C(=O)CCCN(c2ccc(Cl)cc2)S(C)(=O)=O)[C@H](Cc2ccccc2)C(=O)NCC(C)C)c1. The second-order valence-electron chi connectivity index (χ2n) is 10.6. The van der Waals surface area contributed by atoms with Gasteiger partial charge in [0.25, 0.3) is 0 Å². The Labute approximate surface area is 254 Å². The molecule has 0 radical (unpaired) electrons. The highest BCUT2D eigenvalue weighted by atomic mass is 35.5. The van der Waals surface area contributed by atoms with Crippen LogP contribution in [0.2, 0.25) is 5.02 Å². The Bertz CT molecular complexity index is 1420. The number of nitrogens with zero attached hydrogens (tertiary/aromatic N) is 2. The van der Waals surface area contributed by atoms with Gasteiger partial charge in [-0.1, -0.05) is 67.9 Å². The van der Waals surface area contributed by atoms with Gasteiger partial charge in [0.05, 0.1) is 19.1 Å². The normalized spacial score (nSPS) is 12.0. The summed E-state index contributed by atoms with van der Waals surface area (Å²) in [4.78, 5) is 29.1. The average Bonchev–Trinajstić information content (AvgIpc) is 2.96. The summed E-state index contributed by atoms with van der Waals surface area (Å²) >= 11 is 5.99. The van der Waals surface area contributed by atoms with Gasteiger partial charge >= 0.3 is 0 Å². The Balaban J connectivity index is 1.89. The number of halogens is 1. The molecule has 1 atom stereocenters. The molecule has 0 aliphatic rings. The number of methoxy groups -OCH3 is 1. The van der Waals surface area contributed by atoms with Crippen molar-refractivity contribution in [1.82, 2.24) is 10.2 Å². The van der Waals surface area contributed by atoms with E-state index in [1.807, 2.05) is 68.4 Å². The van der Waals surface area contributed by atoms with E-state index in [4.69, 9.17) is 16.3 Å². The summed E-state index contributed by atoms with van der Waals surface area (Å²) in [5.41, 5.74) is 2.21. The highest BCUT2D eigenvalue weighted by Crippen LogP contribution is 2.23. The minimum atomic E-state index is -3.60. The molecule has 2 amide bonds. The van der Waals surface area contributed by atoms with Gasteiger partial charge in [-0.05, 0) is 59.9 Å². The Morgan fingerprint density at radius 2 is 1.62 bits per heavy atom. The van der Waals surface area contributed by atoms with Crippen molar-refractivity contribution in [2.45, 2.75) is 45.7 Å². The molecule has 3 aromatic rings. The van der Waals surface area contributed by atoms with Gasteiger partial charge in [0, 0.05) is 37.5 Å². The van der Waals surface area contributed by atoms with Crippen LogP contribution in [-0.2, 0) is 32.6 Å². The van der Waals surface area contributed by atoms with Gasteiger partial charge in [0.2, 0.25) is 21.8 Å². The molecule has 0 aromatic heterocycles. The molecular weight excluding hydrogens is 574 g/mol. The van der Waals surface area contributed by atoms with E-state index in [1.165, 1.54) is 4.31 Å². The van der Waals surface area contributed by atoms with E-state index < -0.39 is 16.1 Å². The van der Waals surface area contributed by atoms with Crippen LogP contribution in [0.4, 0.5) is 5.69 Å². The number of anilines is 1. The van der Waals surface area contributed by atoms with E-state index in [0.717, 1.165) is 17.4 Å². The summed E-state index contributed by atoms with van der Waals surface area (Å²) < 4.78 is 31.8. The molecule has 0 fully saturated rings. The van der Waals surface area contributed by atoms with Crippen LogP contribution in [0, 0.1) is 5.92 Å². The third-order valence-corrected chi connectivity index (χ3v) is 8.16. The largest absolute Gasteiger partial charge is 0.497 e. The molecule has 226 valence electrons. The maximum Gasteiger partial charge on any atom is 0.243 e. The highest BCUT2D eigenvalue weighted by Gasteiger charge is 2.30. The van der Waals surface area contributed by atoms with Crippen LogP contribution in [-0.4, -0.2) is 57.6 Å². The number of hydrogen-bond acceptors (Lipinski definition) is 5. The van der Waals surface area contributed by atoms with Crippen LogP contribution in [0.15, 0.2) is 78.9 Å². The van der Waals surface area contributed by atoms with E-state index in [9.17, 15) is 18.0 Å². The average molecular weight is 614 g/mol. The lowest BCUT2D eigenvalue weighted by Crippen LogP contribution is -2.51. The lowest BCUT2D eigenvalue weighted by atomic mass is 10.0. The first-order valence-electron chi connectivity index (χ1n) is 13.9. The number of carbonyl (C=O) groups excluding carboxylic acids is 2. The number of sulfonamides is 1. The molecule has 0 unspecified atom stereocenters. The van der Waals surface area contributed by atoms with Crippen LogP contribution in [0.5, 0.6) is 5.75 Å². The third kappa shape index (κ3) is 10.1. The first-order valence-corrected chi connectivity index (χ1v) is 16.2. The summed E-state index contributed by atoms with van der Waals surface area (Å²) in [5.74, 6) is 0.407. The number of nitrogens with one attached hydrogen (secondary N) is 1. The zero-order valence-corrected chi connectivity index (χ0v) is 26.2. The van der Waals surface area contributed by atoms with Gasteiger partial charge in [0.15, 0.2) is 0 Å². The van der Waals surface area contributed by atoms with Crippen molar-refractivity contribution in [2.75, 3.05) is 30.8 Å². The summed E-state index contributed by atoms with van der Waals surface area (Å²) in [6.07, 6.45) is 1.77. The summed E-state index contributed by atoms with van der Waals surface area (Å²) in [7, 11) is -2.03. The van der Waals surface area contributed by atoms with Crippen LogP contribution in [0.3, 0.4) is 0 Å². The van der Waals surface area contributed by atoms with Crippen molar-refractivity contribution in [3.8, 4) is 5.75 Å². The number of rotatable bonds is 15. The molecule has 42 heavy (non-hydrogen) atoms. The Morgan fingerprint density at radius 1 is 0.952 bits per heavy atom. The molecule has 1 N–H and O–H groups in total. The molecule has 0 aliphatic carbocycles. The summed E-state index contributed by atoms with van der Waals surface area (Å²) in [6.45, 7) is 4.80. The standard InChI is InChI=1S/C32H40ClN3O5S/c1-24(2)22-34-32(38)30(21-25-10-6-5-7-11-25)35(23-26-12-8-13-29(20-26)41-3)31(37)14-9-19-36(42(4,39)40)28-17-15-27(33)16-18-28/h5-8,10-13,15-18,20,24,30H,9,14,19,21-23H2,1-4H3,(H,34,38)/t30-/m1/s1. The maximum absolute atomic E-state index is 13.9. The predicted molar refractivity (Wildman–Crippen MR) is 168 cm³/mol. The van der Waals surface area contributed by atoms with E-state index in [-0.39, 0.29) is 43.7 Å². The Kier molecular flexibility index (Phi) is 12.2. The predicted octanol–water partition coefficient (Wildman–Crippen LogP) is 5.31. The van der Waals surface area contributed by atoms with Crippen molar-refractivity contribution in [3.63, 3.8) is 0 Å². The lowest BCUT2D eigenvalue weighted by Gasteiger charge is -2.32. The topological polar surface area (TPSA) is 96.0 Å². The van der Waals surface area contributed by atoms with Gasteiger partial charge < -0.3 is 15.0 Å². The smallest absolute Gasteiger partial charge is 0.243 e. The molecule has 0 bridgehead atoms. The van der Waals surface area contributed by atoms with Gasteiger partial charge in [-0.15, -0.1) is 0 Å². The third-order valence-electron chi connectivity index (χ3n) is 6.71. The molecular formula is C32H40ClN3O5S. The minimum absolute atomic E-state index is 0.0479. The fourth-order valence-corrected chi connectivity index (χ4v) is 5.65. The monoisotopic (exact) mass is 613 g/mol. The molecule has 3 rings (SSSR count). The molecule has 10 heteroatoms. The van der Waals surface area contributed by atoms with E-state index in [1.54, 1.807) is 36.3 Å². The number of carbonyl (C=O) groups is 2. The summed E-state index contributed by atoms with van der Waals surface area (Å²) in [5, 5.41) is 3.51. The lowest BCUT2D eigenvalue weighted by molar-refractivity contribution is -0.141. The zero-order valence-electron chi connectivity index (χ0n) is 24.6. The maximum atomic E-state index is 13.9. The number of hydrogen-bond donors (Lipinski definition) is 1. The minimum Gasteiger partial charge on any atom is -0.497 e. The van der Waals surface area contributed by atoms with E-state index >= 15 is 0 Å². The van der Waals surface area contributed by atoms with Gasteiger partial charge in [0.1, 0.15) is 11.8 Å². The molecule has 0 saturated heterocycles. The van der Waals surface area contributed by atoms with E-state index in [2.05, 4.69) is 5.32 Å². The van der Waals surface area contributed by atoms with Crippen molar-refractivity contribution < 1.29 is 22.7 Å². The van der Waals surface area contributed by atoms with Crippen LogP contribution < -0.4 is 14.4 Å². The van der Waals surface area contributed by atoms with Gasteiger partial charge in [-0.2, -0.15) is 0 Å². The number of benzene rings is 3. The highest BCUT2D eigenvalue weighted by molar-refractivity contribution is 7.92. The molecule has 0 heterocycles. The molecule has 0 aliphatic heterocycles. The Hall–Kier alpha value is -3.56. The van der Waals surface area contributed by atoms with Crippen LogP contribution >= 0.6 is 11.6 Å². The fourth-order valence-electron chi connectivity index (χ4n) is 4.56. The molecule has 3 aromatic carbocycles. The van der Waals surface area contributed by atoms with Crippen LogP contribution in [0.25, 0.3) is 0 Å². The van der Waals surface area contributed by atoms with Gasteiger partial charge in [-0.3, -0.25) is 13.9 Å². The van der Waals surface area contributed by atoms with Gasteiger partial charge in [-0.25, -0.2) is 8.42 Å². The first-order chi connectivity index (χ1) is 20.0. The fraction of sp³-hybridized carbons (Fsp3) is 0.375. The molecule has 0 saturated carbocycles. The quantitative estimate of drug-likeness (QED) is 0.251. The van der Waals surface area contributed by atoms with Crippen molar-refractivity contribution in [2.24, 2.45) is 5.92 Å². The van der Waals surface area contributed by atoms with Crippen molar-refractivity contribution >= 4 is 39.1 Å². The molecule has 0 spiro atoms. The van der Waals surface area contributed by atoms with Crippen molar-refractivity contribution in [1.29, 1.82) is 0 Å². The van der Waals surface area contributed by atoms with Crippen LogP contribution in [0.1, 0.15) is 37.8 Å². The zero-order chi connectivity index (χ0) is 30.7. The number of ether oxygens (including phenoxy) is 1. The second-order valence-corrected chi connectivity index (χ2v) is 13.0. The van der Waals surface area contributed by atoms with E-state index in [0.29, 0.717) is 29.4 Å². The second kappa shape index (κ2) is 15.6. The first kappa shape index (κ1) is 32.9. The summed E-state index contributed by atoms with van der Waals surface area (Å²) in [6, 6.07) is 22.7.